The molecule has 0 aliphatic heterocycles. The summed E-state index contributed by atoms with van der Waals surface area (Å²) in [6.45, 7) is 0. The van der Waals surface area contributed by atoms with E-state index in [1.54, 1.807) is 0 Å². The molecule has 4 aromatic rings. The van der Waals surface area contributed by atoms with Gasteiger partial charge in [-0.1, -0.05) is 0 Å². The predicted octanol–water partition coefficient (Wildman–Crippen LogP) is 6.76. The van der Waals surface area contributed by atoms with Crippen molar-refractivity contribution in [3.63, 3.8) is 0 Å². The van der Waals surface area contributed by atoms with Crippen LogP contribution in [0, 0.1) is 0 Å². The molecule has 6 rings (SSSR count). The van der Waals surface area contributed by atoms with E-state index in [9.17, 15) is 0 Å². The summed E-state index contributed by atoms with van der Waals surface area (Å²) in [6, 6.07) is 31.0. The number of rotatable bonds is 3. The molecule has 0 fully saturated rings. The van der Waals surface area contributed by atoms with Crippen LogP contribution in [-0.4, -0.2) is 10.6 Å². The average molecular weight is 596 g/mol. The number of fused-ring (bicyclic) bond motifs is 6. The number of halogens is 2. The van der Waals surface area contributed by atoms with Crippen molar-refractivity contribution < 1.29 is 13.9 Å². The Morgan fingerprint density at radius 1 is 0.562 bits per heavy atom. The number of benzene rings is 4. The van der Waals surface area contributed by atoms with Gasteiger partial charge in [0.15, 0.2) is 0 Å². The standard InChI is InChI=1S/2C13H9.C2H7Ge.2ClH.Zr/c2*1-3-7-12-10(5-1)9-11-6-2-4-8-13(11)12;1-3-2;;;/h2*1-5,7-8H,9H2;3H,1-2H3;2*1H;/q;;;;;+2/p-2. The molecule has 0 aromatic heterocycles. The normalized spacial score (nSPS) is 15.0. The minimum atomic E-state index is -4.53. The summed E-state index contributed by atoms with van der Waals surface area (Å²) in [5, 5.41) is 0. The summed E-state index contributed by atoms with van der Waals surface area (Å²) < 4.78 is 2.62. The second kappa shape index (κ2) is 7.44. The van der Waals surface area contributed by atoms with Crippen molar-refractivity contribution in [2.75, 3.05) is 0 Å². The van der Waals surface area contributed by atoms with Gasteiger partial charge in [-0.2, -0.15) is 0 Å². The molecule has 2 aliphatic carbocycles. The van der Waals surface area contributed by atoms with Gasteiger partial charge in [0.1, 0.15) is 0 Å². The van der Waals surface area contributed by atoms with Gasteiger partial charge in [-0.15, -0.1) is 0 Å². The van der Waals surface area contributed by atoms with Gasteiger partial charge < -0.3 is 0 Å². The van der Waals surface area contributed by atoms with Gasteiger partial charge in [-0.25, -0.2) is 0 Å². The maximum absolute atomic E-state index is 8.09. The molecule has 0 unspecified atom stereocenters. The van der Waals surface area contributed by atoms with E-state index in [1.807, 2.05) is 0 Å². The van der Waals surface area contributed by atoms with Crippen LogP contribution in [-0.2, 0) is 26.7 Å². The van der Waals surface area contributed by atoms with Crippen LogP contribution >= 0.6 is 17.0 Å². The fourth-order valence-electron chi connectivity index (χ4n) is 5.94. The summed E-state index contributed by atoms with van der Waals surface area (Å²) in [6.07, 6.45) is 1.88. The summed E-state index contributed by atoms with van der Waals surface area (Å²) in [5.74, 6) is 4.84. The monoisotopic (exact) mass is 595 g/mol. The first-order valence-electron chi connectivity index (χ1n) is 11.4. The molecule has 32 heavy (non-hydrogen) atoms. The fourth-order valence-corrected chi connectivity index (χ4v) is 41.8. The van der Waals surface area contributed by atoms with Crippen LogP contribution in [0.15, 0.2) is 84.9 Å². The first-order chi connectivity index (χ1) is 15.4. The summed E-state index contributed by atoms with van der Waals surface area (Å²) in [7, 11) is 14.1. The molecule has 4 heteroatoms. The maximum atomic E-state index is 8.09. The molecule has 0 amide bonds. The SMILES string of the molecule is [CH3][GeH]([CH3])[Zr]([Cl])([Cl])([c]1cccc2c1Cc1ccccc1-2)[c]1cccc2c1Cc1ccccc1-2. The van der Waals surface area contributed by atoms with Gasteiger partial charge in [-0.3, -0.25) is 0 Å². The second-order valence-electron chi connectivity index (χ2n) is 9.57. The van der Waals surface area contributed by atoms with Crippen LogP contribution in [0.25, 0.3) is 22.3 Å². The Kier molecular flexibility index (Phi) is 4.98. The van der Waals surface area contributed by atoms with Gasteiger partial charge in [0.05, 0.1) is 0 Å². The molecule has 0 saturated heterocycles. The topological polar surface area (TPSA) is 0 Å². The molecule has 0 radical (unpaired) electrons. The number of hydrogen-bond acceptors (Lipinski definition) is 0. The molecular weight excluding hydrogens is 571 g/mol. The van der Waals surface area contributed by atoms with E-state index >= 15 is 0 Å². The van der Waals surface area contributed by atoms with Crippen LogP contribution in [0.3, 0.4) is 0 Å². The Bertz CT molecular complexity index is 1310. The van der Waals surface area contributed by atoms with Crippen molar-refractivity contribution in [3.8, 4) is 22.3 Å². The van der Waals surface area contributed by atoms with Gasteiger partial charge in [0.2, 0.25) is 0 Å². The number of hydrogen-bond donors (Lipinski definition) is 0. The van der Waals surface area contributed by atoms with E-state index in [2.05, 4.69) is 96.4 Å². The molecule has 159 valence electrons. The van der Waals surface area contributed by atoms with Crippen molar-refractivity contribution in [2.45, 2.75) is 24.4 Å². The van der Waals surface area contributed by atoms with Crippen LogP contribution in [0.5, 0.6) is 0 Å². The molecule has 0 atom stereocenters. The summed E-state index contributed by atoms with van der Waals surface area (Å²) in [4.78, 5) is 0. The Hall–Kier alpha value is -1.11. The zero-order valence-corrected chi connectivity index (χ0v) is 24.7. The van der Waals surface area contributed by atoms with E-state index in [-0.39, 0.29) is 0 Å². The van der Waals surface area contributed by atoms with E-state index in [1.165, 1.54) is 51.1 Å². The Balaban J connectivity index is 1.63. The first-order valence-corrected chi connectivity index (χ1v) is 33.6. The van der Waals surface area contributed by atoms with E-state index in [0.29, 0.717) is 0 Å². The second-order valence-corrected chi connectivity index (χ2v) is 71.0. The van der Waals surface area contributed by atoms with Crippen LogP contribution < -0.4 is 6.54 Å². The van der Waals surface area contributed by atoms with E-state index in [4.69, 9.17) is 17.0 Å². The molecule has 0 heterocycles. The van der Waals surface area contributed by atoms with Crippen LogP contribution in [0.4, 0.5) is 0 Å². The molecule has 0 N–H and O–H groups in total. The zero-order valence-electron chi connectivity index (χ0n) is 18.3. The minimum absolute atomic E-state index is 0.940. The third kappa shape index (κ3) is 2.84. The third-order valence-electron chi connectivity index (χ3n) is 7.70. The average Bonchev–Trinajstić information content (AvgIpc) is 3.37. The first kappa shape index (κ1) is 21.4. The quantitative estimate of drug-likeness (QED) is 0.198. The van der Waals surface area contributed by atoms with E-state index < -0.39 is 24.4 Å². The van der Waals surface area contributed by atoms with Crippen molar-refractivity contribution in [2.24, 2.45) is 0 Å². The zero-order chi connectivity index (χ0) is 22.1. The van der Waals surface area contributed by atoms with Gasteiger partial charge in [-0.05, 0) is 0 Å². The molecule has 4 aromatic carbocycles. The molecule has 2 aliphatic rings. The molecule has 0 nitrogen and oxygen atoms in total. The molecule has 0 spiro atoms. The Morgan fingerprint density at radius 2 is 0.969 bits per heavy atom. The molecule has 0 bridgehead atoms. The van der Waals surface area contributed by atoms with Gasteiger partial charge in [0.25, 0.3) is 0 Å². The molecule has 0 saturated carbocycles. The molecular formula is C28H25Cl2GeZr. The summed E-state index contributed by atoms with van der Waals surface area (Å²) in [5.41, 5.74) is 10.9. The Labute approximate surface area is 200 Å². The van der Waals surface area contributed by atoms with Crippen molar-refractivity contribution in [1.82, 2.24) is 0 Å². The van der Waals surface area contributed by atoms with E-state index in [0.717, 1.165) is 12.8 Å². The van der Waals surface area contributed by atoms with Crippen molar-refractivity contribution >= 4 is 34.1 Å². The van der Waals surface area contributed by atoms with Crippen LogP contribution in [0.2, 0.25) is 11.5 Å². The van der Waals surface area contributed by atoms with Gasteiger partial charge >= 0.3 is 202 Å². The summed E-state index contributed by atoms with van der Waals surface area (Å²) >= 11 is -4.53. The van der Waals surface area contributed by atoms with Crippen molar-refractivity contribution in [1.29, 1.82) is 0 Å². The fraction of sp³-hybridized carbons (Fsp3) is 0.143. The van der Waals surface area contributed by atoms with Gasteiger partial charge in [0, 0.05) is 0 Å². The predicted molar refractivity (Wildman–Crippen MR) is 139 cm³/mol. The van der Waals surface area contributed by atoms with Crippen molar-refractivity contribution in [3.05, 3.63) is 107 Å². The Morgan fingerprint density at radius 3 is 1.41 bits per heavy atom. The van der Waals surface area contributed by atoms with Crippen LogP contribution in [0.1, 0.15) is 22.3 Å². The third-order valence-corrected chi connectivity index (χ3v) is 84.4.